The van der Waals surface area contributed by atoms with Crippen molar-refractivity contribution in [3.05, 3.63) is 81.6 Å². The van der Waals surface area contributed by atoms with Crippen LogP contribution in [0.15, 0.2) is 64.5 Å². The van der Waals surface area contributed by atoms with Gasteiger partial charge in [-0.25, -0.2) is 4.98 Å². The van der Waals surface area contributed by atoms with Crippen molar-refractivity contribution in [2.45, 2.75) is 47.5 Å². The fourth-order valence-electron chi connectivity index (χ4n) is 4.42. The number of hydrogen-bond acceptors (Lipinski definition) is 6. The second-order valence-corrected chi connectivity index (χ2v) is 11.8. The van der Waals surface area contributed by atoms with Crippen LogP contribution in [0.1, 0.15) is 57.2 Å². The van der Waals surface area contributed by atoms with Crippen LogP contribution in [0.2, 0.25) is 0 Å². The Kier molecular flexibility index (Phi) is 8.33. The molecule has 1 aromatic heterocycles. The molecule has 0 fully saturated rings. The van der Waals surface area contributed by atoms with Gasteiger partial charge in [0.05, 0.1) is 30.8 Å². The first-order valence-corrected chi connectivity index (χ1v) is 13.6. The third-order valence-corrected chi connectivity index (χ3v) is 6.68. The number of nitrogens with zero attached hydrogens (tertiary/aromatic N) is 4. The second-order valence-electron chi connectivity index (χ2n) is 11.8. The van der Waals surface area contributed by atoms with E-state index in [9.17, 15) is 4.79 Å². The van der Waals surface area contributed by atoms with Crippen LogP contribution >= 0.6 is 0 Å². The van der Waals surface area contributed by atoms with Crippen molar-refractivity contribution in [3.8, 4) is 22.9 Å². The molecule has 0 N–H and O–H groups in total. The molecule has 0 atom stereocenters. The molecule has 0 radical (unpaired) electrons. The fourth-order valence-corrected chi connectivity index (χ4v) is 4.42. The monoisotopic (exact) mass is 540 g/mol. The highest BCUT2D eigenvalue weighted by Crippen LogP contribution is 2.34. The van der Waals surface area contributed by atoms with E-state index in [1.165, 1.54) is 4.68 Å². The summed E-state index contributed by atoms with van der Waals surface area (Å²) in [6.45, 7) is 13.2. The van der Waals surface area contributed by atoms with E-state index in [4.69, 9.17) is 19.6 Å². The molecule has 0 aliphatic carbocycles. The summed E-state index contributed by atoms with van der Waals surface area (Å²) in [6.07, 6.45) is 1.68. The molecule has 0 bridgehead atoms. The largest absolute Gasteiger partial charge is 0.496 e. The van der Waals surface area contributed by atoms with Crippen LogP contribution in [-0.2, 0) is 0 Å². The minimum atomic E-state index is -0.236. The van der Waals surface area contributed by atoms with Gasteiger partial charge in [-0.05, 0) is 65.8 Å². The molecule has 7 nitrogen and oxygen atoms in total. The first-order valence-electron chi connectivity index (χ1n) is 13.6. The molecule has 4 aromatic rings. The zero-order valence-electron chi connectivity index (χ0n) is 25.1. The molecule has 0 saturated carbocycles. The highest BCUT2D eigenvalue weighted by Gasteiger charge is 2.19. The number of rotatable bonds is 8. The zero-order valence-corrected chi connectivity index (χ0v) is 25.1. The number of methoxy groups -OCH3 is 1. The van der Waals surface area contributed by atoms with Crippen molar-refractivity contribution in [3.63, 3.8) is 0 Å². The van der Waals surface area contributed by atoms with E-state index in [2.05, 4.69) is 40.7 Å². The Morgan fingerprint density at radius 2 is 1.77 bits per heavy atom. The minimum Gasteiger partial charge on any atom is -0.496 e. The predicted octanol–water partition coefficient (Wildman–Crippen LogP) is 6.88. The lowest BCUT2D eigenvalue weighted by molar-refractivity contribution is 0.198. The molecular formula is C33H40N4O3. The van der Waals surface area contributed by atoms with E-state index in [1.54, 1.807) is 19.4 Å². The van der Waals surface area contributed by atoms with Gasteiger partial charge in [-0.1, -0.05) is 46.8 Å². The first-order chi connectivity index (χ1) is 18.9. The molecule has 0 aliphatic heterocycles. The molecule has 3 aromatic carbocycles. The van der Waals surface area contributed by atoms with E-state index < -0.39 is 0 Å². The number of ether oxygens (including phenoxy) is 2. The van der Waals surface area contributed by atoms with Gasteiger partial charge in [0.1, 0.15) is 11.5 Å². The van der Waals surface area contributed by atoms with Crippen LogP contribution in [0.3, 0.4) is 0 Å². The Hall–Kier alpha value is -4.13. The zero-order chi connectivity index (χ0) is 29.2. The molecular weight excluding hydrogens is 500 g/mol. The number of fused-ring (bicyclic) bond motifs is 1. The summed E-state index contributed by atoms with van der Waals surface area (Å²) in [6, 6.07) is 17.4. The second kappa shape index (κ2) is 11.5. The van der Waals surface area contributed by atoms with Gasteiger partial charge < -0.3 is 14.4 Å². The summed E-state index contributed by atoms with van der Waals surface area (Å²) in [7, 11) is 5.66. The number of para-hydroxylation sites is 1. The van der Waals surface area contributed by atoms with Crippen molar-refractivity contribution in [2.75, 3.05) is 32.7 Å². The van der Waals surface area contributed by atoms with Gasteiger partial charge >= 0.3 is 0 Å². The number of hydrogen-bond donors (Lipinski definition) is 0. The lowest BCUT2D eigenvalue weighted by Crippen LogP contribution is -2.21. The smallest absolute Gasteiger partial charge is 0.282 e. The number of benzene rings is 3. The third kappa shape index (κ3) is 6.19. The standard InChI is InChI=1S/C33H40N4O3/c1-21(2)26-18-27(22(3)16-30(26)39-9)31-35-28-13-11-10-12-25(28)32(38)37(31)34-19-23-14-15-24(36(7)8)17-29(23)40-20-33(4,5)6/h10-19,21H,20H2,1-9H3. The van der Waals surface area contributed by atoms with Gasteiger partial charge in [-0.2, -0.15) is 9.78 Å². The molecule has 210 valence electrons. The molecule has 0 amide bonds. The van der Waals surface area contributed by atoms with E-state index in [-0.39, 0.29) is 16.9 Å². The normalized spacial score (nSPS) is 11.9. The van der Waals surface area contributed by atoms with E-state index in [0.29, 0.717) is 29.1 Å². The molecule has 0 unspecified atom stereocenters. The highest BCUT2D eigenvalue weighted by molar-refractivity contribution is 5.85. The quantitative estimate of drug-likeness (QED) is 0.228. The minimum absolute atomic E-state index is 0.0189. The molecule has 7 heteroatoms. The Balaban J connectivity index is 1.93. The Morgan fingerprint density at radius 1 is 1.05 bits per heavy atom. The van der Waals surface area contributed by atoms with Crippen molar-refractivity contribution >= 4 is 22.8 Å². The van der Waals surface area contributed by atoms with Gasteiger partial charge in [0.15, 0.2) is 5.82 Å². The van der Waals surface area contributed by atoms with Crippen LogP contribution < -0.4 is 19.9 Å². The Labute approximate surface area is 237 Å². The van der Waals surface area contributed by atoms with Gasteiger partial charge in [0.25, 0.3) is 5.56 Å². The number of anilines is 1. The SMILES string of the molecule is COc1cc(C)c(-c2nc3ccccc3c(=O)n2N=Cc2ccc(N(C)C)cc2OCC(C)(C)C)cc1C(C)C. The molecule has 0 aliphatic rings. The van der Waals surface area contributed by atoms with Gasteiger partial charge in [-0.15, -0.1) is 0 Å². The average molecular weight is 541 g/mol. The molecule has 40 heavy (non-hydrogen) atoms. The summed E-state index contributed by atoms with van der Waals surface area (Å²) >= 11 is 0. The maximum absolute atomic E-state index is 13.8. The number of aromatic nitrogens is 2. The lowest BCUT2D eigenvalue weighted by atomic mass is 9.96. The van der Waals surface area contributed by atoms with Gasteiger partial charge in [0, 0.05) is 37.0 Å². The predicted molar refractivity (Wildman–Crippen MR) is 166 cm³/mol. The van der Waals surface area contributed by atoms with Crippen LogP contribution in [0, 0.1) is 12.3 Å². The Bertz CT molecular complexity index is 1610. The first kappa shape index (κ1) is 28.9. The van der Waals surface area contributed by atoms with Crippen molar-refractivity contribution in [1.82, 2.24) is 9.66 Å². The summed E-state index contributed by atoms with van der Waals surface area (Å²) in [5, 5.41) is 5.24. The average Bonchev–Trinajstić information content (AvgIpc) is 2.90. The van der Waals surface area contributed by atoms with Crippen molar-refractivity contribution in [1.29, 1.82) is 0 Å². The topological polar surface area (TPSA) is 69.0 Å². The summed E-state index contributed by atoms with van der Waals surface area (Å²) in [4.78, 5) is 20.8. The molecule has 0 spiro atoms. The van der Waals surface area contributed by atoms with Crippen LogP contribution in [0.25, 0.3) is 22.3 Å². The van der Waals surface area contributed by atoms with E-state index >= 15 is 0 Å². The molecule has 1 heterocycles. The van der Waals surface area contributed by atoms with Crippen LogP contribution in [-0.4, -0.2) is 43.7 Å². The van der Waals surface area contributed by atoms with E-state index in [1.807, 2.05) is 68.4 Å². The highest BCUT2D eigenvalue weighted by atomic mass is 16.5. The van der Waals surface area contributed by atoms with Gasteiger partial charge in [0.2, 0.25) is 0 Å². The maximum atomic E-state index is 13.8. The van der Waals surface area contributed by atoms with Crippen molar-refractivity contribution in [2.24, 2.45) is 10.5 Å². The van der Waals surface area contributed by atoms with Crippen LogP contribution in [0.5, 0.6) is 11.5 Å². The van der Waals surface area contributed by atoms with Crippen molar-refractivity contribution < 1.29 is 9.47 Å². The number of aryl methyl sites for hydroxylation is 1. The Morgan fingerprint density at radius 3 is 2.42 bits per heavy atom. The maximum Gasteiger partial charge on any atom is 0.282 e. The van der Waals surface area contributed by atoms with E-state index in [0.717, 1.165) is 33.7 Å². The van der Waals surface area contributed by atoms with Gasteiger partial charge in [-0.3, -0.25) is 4.79 Å². The lowest BCUT2D eigenvalue weighted by Gasteiger charge is -2.21. The summed E-state index contributed by atoms with van der Waals surface area (Å²) < 4.78 is 13.3. The van der Waals surface area contributed by atoms with Crippen LogP contribution in [0.4, 0.5) is 5.69 Å². The summed E-state index contributed by atoms with van der Waals surface area (Å²) in [5.74, 6) is 2.22. The summed E-state index contributed by atoms with van der Waals surface area (Å²) in [5.41, 5.74) is 4.97. The fraction of sp³-hybridized carbons (Fsp3) is 0.364. The molecule has 0 saturated heterocycles. The molecule has 4 rings (SSSR count). The third-order valence-electron chi connectivity index (χ3n) is 6.68.